The zero-order chi connectivity index (χ0) is 24.5. The first-order valence-corrected chi connectivity index (χ1v) is 10.8. The van der Waals surface area contributed by atoms with Gasteiger partial charge in [-0.25, -0.2) is 19.3 Å². The van der Waals surface area contributed by atoms with Crippen molar-refractivity contribution in [1.29, 1.82) is 0 Å². The summed E-state index contributed by atoms with van der Waals surface area (Å²) < 4.78 is 23.9. The van der Waals surface area contributed by atoms with E-state index in [-0.39, 0.29) is 30.1 Å². The molecule has 0 aliphatic carbocycles. The highest BCUT2D eigenvalue weighted by Gasteiger charge is 2.34. The Labute approximate surface area is 199 Å². The van der Waals surface area contributed by atoms with Gasteiger partial charge < -0.3 is 19.4 Å². The summed E-state index contributed by atoms with van der Waals surface area (Å²) in [7, 11) is 0. The maximum absolute atomic E-state index is 13.2. The fraction of sp³-hybridized carbons (Fsp3) is 0.160. The first-order valence-electron chi connectivity index (χ1n) is 10.8. The van der Waals surface area contributed by atoms with Crippen LogP contribution in [0, 0.1) is 12.7 Å². The Hall–Kier alpha value is -4.60. The van der Waals surface area contributed by atoms with Crippen LogP contribution < -0.4 is 10.1 Å². The van der Waals surface area contributed by atoms with Gasteiger partial charge in [0.2, 0.25) is 11.6 Å². The van der Waals surface area contributed by atoms with Gasteiger partial charge in [0.25, 0.3) is 11.8 Å². The fourth-order valence-corrected chi connectivity index (χ4v) is 3.88. The molecule has 5 rings (SSSR count). The number of halogens is 1. The van der Waals surface area contributed by atoms with E-state index in [2.05, 4.69) is 20.3 Å². The number of oxazole rings is 1. The fourth-order valence-electron chi connectivity index (χ4n) is 3.88. The molecule has 35 heavy (non-hydrogen) atoms. The molecular formula is C25H20FN5O4. The van der Waals surface area contributed by atoms with Crippen molar-refractivity contribution in [2.75, 3.05) is 5.32 Å². The molecule has 0 saturated carbocycles. The minimum absolute atomic E-state index is 0.0449. The molecule has 1 aliphatic rings. The average Bonchev–Trinajstić information content (AvgIpc) is 3.51. The number of rotatable bonds is 6. The van der Waals surface area contributed by atoms with Gasteiger partial charge in [0, 0.05) is 29.1 Å². The monoisotopic (exact) mass is 473 g/mol. The summed E-state index contributed by atoms with van der Waals surface area (Å²) in [6, 6.07) is 8.91. The van der Waals surface area contributed by atoms with Crippen molar-refractivity contribution in [3.63, 3.8) is 0 Å². The van der Waals surface area contributed by atoms with E-state index in [0.717, 1.165) is 17.5 Å². The molecule has 1 unspecified atom stereocenters. The highest BCUT2D eigenvalue weighted by Crippen LogP contribution is 2.35. The molecule has 0 spiro atoms. The van der Waals surface area contributed by atoms with E-state index in [1.807, 2.05) is 19.9 Å². The zero-order valence-electron chi connectivity index (χ0n) is 18.9. The summed E-state index contributed by atoms with van der Waals surface area (Å²) >= 11 is 0. The van der Waals surface area contributed by atoms with Gasteiger partial charge in [-0.2, -0.15) is 0 Å². The number of hydrogen-bond donors (Lipinski definition) is 1. The van der Waals surface area contributed by atoms with Crippen LogP contribution in [0.2, 0.25) is 0 Å². The van der Waals surface area contributed by atoms with Crippen molar-refractivity contribution in [2.45, 2.75) is 26.4 Å². The number of pyridine rings is 2. The summed E-state index contributed by atoms with van der Waals surface area (Å²) in [5.74, 6) is 0.185. The highest BCUT2D eigenvalue weighted by atomic mass is 19.1. The molecule has 0 saturated heterocycles. The van der Waals surface area contributed by atoms with Crippen molar-refractivity contribution >= 4 is 17.6 Å². The standard InChI is InChI=1S/C25H20FN5O4/c1-14-9-16(10-29-24(14)35-18-5-3-17(26)4-6-18)15(2)31-12-20-19(25(31)33)7-8-28-22(20)30-23(32)21-11-27-13-34-21/h3-11,13,15H,12H2,1-2H3,(H,28,30,32). The van der Waals surface area contributed by atoms with Gasteiger partial charge >= 0.3 is 0 Å². The second kappa shape index (κ2) is 8.98. The van der Waals surface area contributed by atoms with Gasteiger partial charge in [0.05, 0.1) is 18.8 Å². The van der Waals surface area contributed by atoms with E-state index in [9.17, 15) is 14.0 Å². The van der Waals surface area contributed by atoms with E-state index >= 15 is 0 Å². The number of anilines is 1. The van der Waals surface area contributed by atoms with Crippen LogP contribution in [0.15, 0.2) is 65.8 Å². The van der Waals surface area contributed by atoms with Crippen molar-refractivity contribution in [3.05, 3.63) is 95.2 Å². The van der Waals surface area contributed by atoms with Crippen LogP contribution in [0.4, 0.5) is 10.2 Å². The summed E-state index contributed by atoms with van der Waals surface area (Å²) in [5, 5.41) is 2.69. The Morgan fingerprint density at radius 3 is 2.71 bits per heavy atom. The molecule has 10 heteroatoms. The van der Waals surface area contributed by atoms with Gasteiger partial charge in [-0.3, -0.25) is 9.59 Å². The first-order chi connectivity index (χ1) is 16.9. The smallest absolute Gasteiger partial charge is 0.294 e. The average molecular weight is 473 g/mol. The third-order valence-electron chi connectivity index (χ3n) is 5.79. The molecule has 2 amide bonds. The van der Waals surface area contributed by atoms with Gasteiger partial charge in [0.15, 0.2) is 6.39 Å². The largest absolute Gasteiger partial charge is 0.439 e. The van der Waals surface area contributed by atoms with Crippen LogP contribution in [-0.2, 0) is 6.54 Å². The quantitative estimate of drug-likeness (QED) is 0.433. The Bertz CT molecular complexity index is 1410. The van der Waals surface area contributed by atoms with Crippen molar-refractivity contribution in [2.24, 2.45) is 0 Å². The predicted octanol–water partition coefficient (Wildman–Crippen LogP) is 4.67. The molecule has 9 nitrogen and oxygen atoms in total. The van der Waals surface area contributed by atoms with E-state index in [0.29, 0.717) is 28.6 Å². The highest BCUT2D eigenvalue weighted by molar-refractivity contribution is 6.05. The molecule has 0 fully saturated rings. The second-order valence-corrected chi connectivity index (χ2v) is 8.06. The Balaban J connectivity index is 1.34. The van der Waals surface area contributed by atoms with Crippen LogP contribution in [0.5, 0.6) is 11.6 Å². The molecule has 0 radical (unpaired) electrons. The number of carbonyl (C=O) groups excluding carboxylic acids is 2. The first kappa shape index (κ1) is 22.2. The third-order valence-corrected chi connectivity index (χ3v) is 5.79. The number of benzene rings is 1. The number of hydrogen-bond acceptors (Lipinski definition) is 7. The van der Waals surface area contributed by atoms with Crippen LogP contribution >= 0.6 is 0 Å². The van der Waals surface area contributed by atoms with Gasteiger partial charge in [0.1, 0.15) is 17.4 Å². The zero-order valence-corrected chi connectivity index (χ0v) is 18.9. The second-order valence-electron chi connectivity index (χ2n) is 8.06. The molecule has 4 aromatic rings. The summed E-state index contributed by atoms with van der Waals surface area (Å²) in [4.78, 5) is 39.6. The Kier molecular flexibility index (Phi) is 5.69. The normalized spacial score (nSPS) is 13.5. The molecule has 1 aliphatic heterocycles. The number of aromatic nitrogens is 3. The topological polar surface area (TPSA) is 110 Å². The van der Waals surface area contributed by atoms with Gasteiger partial charge in [-0.05, 0) is 55.8 Å². The van der Waals surface area contributed by atoms with E-state index in [4.69, 9.17) is 9.15 Å². The Morgan fingerprint density at radius 1 is 1.20 bits per heavy atom. The van der Waals surface area contributed by atoms with Gasteiger partial charge in [-0.1, -0.05) is 0 Å². The number of ether oxygens (including phenoxy) is 1. The number of nitrogens with zero attached hydrogens (tertiary/aromatic N) is 4. The lowest BCUT2D eigenvalue weighted by atomic mass is 10.1. The van der Waals surface area contributed by atoms with Crippen LogP contribution in [0.25, 0.3) is 0 Å². The molecule has 176 valence electrons. The number of fused-ring (bicyclic) bond motifs is 1. The number of amides is 2. The number of carbonyl (C=O) groups is 2. The molecule has 0 bridgehead atoms. The number of aryl methyl sites for hydroxylation is 1. The van der Waals surface area contributed by atoms with E-state index in [1.54, 1.807) is 17.2 Å². The summed E-state index contributed by atoms with van der Waals surface area (Å²) in [6.45, 7) is 4.02. The molecule has 1 aromatic carbocycles. The minimum Gasteiger partial charge on any atom is -0.439 e. The molecule has 3 aromatic heterocycles. The molecular weight excluding hydrogens is 453 g/mol. The molecule has 1 N–H and O–H groups in total. The van der Waals surface area contributed by atoms with Crippen molar-refractivity contribution in [3.8, 4) is 11.6 Å². The van der Waals surface area contributed by atoms with Crippen LogP contribution in [0.3, 0.4) is 0 Å². The Morgan fingerprint density at radius 2 is 2.00 bits per heavy atom. The minimum atomic E-state index is -0.501. The third kappa shape index (κ3) is 4.33. The maximum atomic E-state index is 13.2. The lowest BCUT2D eigenvalue weighted by molar-refractivity contribution is 0.0715. The van der Waals surface area contributed by atoms with Crippen LogP contribution in [-0.4, -0.2) is 31.7 Å². The molecule has 4 heterocycles. The summed E-state index contributed by atoms with van der Waals surface area (Å²) in [5.41, 5.74) is 2.68. The predicted molar refractivity (Wildman–Crippen MR) is 122 cm³/mol. The SMILES string of the molecule is Cc1cc(C(C)N2Cc3c(ccnc3NC(=O)c3cnco3)C2=O)cnc1Oc1ccc(F)cc1. The van der Waals surface area contributed by atoms with Gasteiger partial charge in [-0.15, -0.1) is 0 Å². The van der Waals surface area contributed by atoms with Crippen LogP contribution in [0.1, 0.15) is 50.6 Å². The van der Waals surface area contributed by atoms with E-state index < -0.39 is 5.91 Å². The lowest BCUT2D eigenvalue weighted by Crippen LogP contribution is -2.27. The van der Waals surface area contributed by atoms with Crippen molar-refractivity contribution < 1.29 is 23.1 Å². The maximum Gasteiger partial charge on any atom is 0.294 e. The lowest BCUT2D eigenvalue weighted by Gasteiger charge is -2.25. The molecule has 1 atom stereocenters. The van der Waals surface area contributed by atoms with Crippen molar-refractivity contribution in [1.82, 2.24) is 19.9 Å². The van der Waals surface area contributed by atoms with E-state index in [1.165, 1.54) is 36.7 Å². The number of nitrogens with one attached hydrogen (secondary N) is 1. The summed E-state index contributed by atoms with van der Waals surface area (Å²) in [6.07, 6.45) is 5.60.